The molecule has 0 spiro atoms. The Morgan fingerprint density at radius 2 is 1.91 bits per heavy atom. The molecule has 2 N–H and O–H groups in total. The van der Waals surface area contributed by atoms with Crippen molar-refractivity contribution in [1.82, 2.24) is 5.32 Å². The van der Waals surface area contributed by atoms with Crippen LogP contribution in [0.3, 0.4) is 0 Å². The summed E-state index contributed by atoms with van der Waals surface area (Å²) in [5.74, 6) is -0.542. The standard InChI is InChI=1S/C25H30N4O3/c1-2-9-21(24(30)26-19-12-8-13-20(16-19)29-14-6-7-15-29)27-25(31)23-17-22(28-32-23)18-10-4-3-5-11-18/h3-5,8,10-13,16,21,23H,2,6-7,9,14-15,17H2,1H3,(H,26,30)(H,27,31). The van der Waals surface area contributed by atoms with Crippen LogP contribution in [0.1, 0.15) is 44.6 Å². The first kappa shape index (κ1) is 21.9. The molecule has 2 aliphatic heterocycles. The van der Waals surface area contributed by atoms with Gasteiger partial charge < -0.3 is 20.4 Å². The third kappa shape index (κ3) is 5.28. The maximum absolute atomic E-state index is 13.0. The summed E-state index contributed by atoms with van der Waals surface area (Å²) in [6, 6.07) is 16.9. The lowest BCUT2D eigenvalue weighted by molar-refractivity contribution is -0.134. The quantitative estimate of drug-likeness (QED) is 0.664. The van der Waals surface area contributed by atoms with Gasteiger partial charge in [-0.25, -0.2) is 0 Å². The molecule has 0 aromatic heterocycles. The third-order valence-electron chi connectivity index (χ3n) is 5.86. The minimum absolute atomic E-state index is 0.221. The van der Waals surface area contributed by atoms with Gasteiger partial charge in [-0.3, -0.25) is 9.59 Å². The van der Waals surface area contributed by atoms with E-state index in [1.807, 2.05) is 55.5 Å². The first-order valence-corrected chi connectivity index (χ1v) is 11.4. The lowest BCUT2D eigenvalue weighted by atomic mass is 10.0. The molecule has 2 amide bonds. The maximum Gasteiger partial charge on any atom is 0.264 e. The number of nitrogens with one attached hydrogen (secondary N) is 2. The summed E-state index contributed by atoms with van der Waals surface area (Å²) in [6.45, 7) is 4.07. The molecule has 7 nitrogen and oxygen atoms in total. The Hall–Kier alpha value is -3.35. The average Bonchev–Trinajstić information content (AvgIpc) is 3.52. The second-order valence-electron chi connectivity index (χ2n) is 8.29. The minimum atomic E-state index is -0.726. The normalized spacial score (nSPS) is 18.6. The molecule has 0 radical (unpaired) electrons. The molecule has 2 aromatic carbocycles. The number of carbonyl (C=O) groups excluding carboxylic acids is 2. The lowest BCUT2D eigenvalue weighted by Crippen LogP contribution is -2.47. The van der Waals surface area contributed by atoms with Gasteiger partial charge in [-0.2, -0.15) is 0 Å². The first-order chi connectivity index (χ1) is 15.6. The largest absolute Gasteiger partial charge is 0.382 e. The summed E-state index contributed by atoms with van der Waals surface area (Å²) in [5.41, 5.74) is 3.52. The van der Waals surface area contributed by atoms with Crippen LogP contribution in [0.5, 0.6) is 0 Å². The zero-order valence-corrected chi connectivity index (χ0v) is 18.4. The minimum Gasteiger partial charge on any atom is -0.382 e. The van der Waals surface area contributed by atoms with Crippen molar-refractivity contribution in [1.29, 1.82) is 0 Å². The van der Waals surface area contributed by atoms with E-state index in [-0.39, 0.29) is 11.8 Å². The molecule has 2 aromatic rings. The van der Waals surface area contributed by atoms with Crippen LogP contribution >= 0.6 is 0 Å². The molecule has 7 heteroatoms. The van der Waals surface area contributed by atoms with Crippen LogP contribution < -0.4 is 15.5 Å². The molecule has 32 heavy (non-hydrogen) atoms. The molecular formula is C25H30N4O3. The second kappa shape index (κ2) is 10.3. The van der Waals surface area contributed by atoms with Crippen molar-refractivity contribution in [2.24, 2.45) is 5.16 Å². The Morgan fingerprint density at radius 1 is 1.12 bits per heavy atom. The van der Waals surface area contributed by atoms with Crippen LogP contribution in [0.2, 0.25) is 0 Å². The predicted molar refractivity (Wildman–Crippen MR) is 126 cm³/mol. The highest BCUT2D eigenvalue weighted by Gasteiger charge is 2.31. The number of nitrogens with zero attached hydrogens (tertiary/aromatic N) is 2. The molecule has 1 saturated heterocycles. The third-order valence-corrected chi connectivity index (χ3v) is 5.86. The fourth-order valence-corrected chi connectivity index (χ4v) is 4.13. The van der Waals surface area contributed by atoms with Crippen molar-refractivity contribution in [3.05, 3.63) is 60.2 Å². The van der Waals surface area contributed by atoms with Gasteiger partial charge in [-0.05, 0) is 43.0 Å². The Bertz CT molecular complexity index is 970. The molecule has 0 bridgehead atoms. The van der Waals surface area contributed by atoms with Crippen LogP contribution in [-0.4, -0.2) is 42.8 Å². The van der Waals surface area contributed by atoms with Crippen molar-refractivity contribution in [3.8, 4) is 0 Å². The van der Waals surface area contributed by atoms with Gasteiger partial charge in [0.25, 0.3) is 5.91 Å². The molecule has 1 fully saturated rings. The van der Waals surface area contributed by atoms with E-state index in [4.69, 9.17) is 4.84 Å². The van der Waals surface area contributed by atoms with Gasteiger partial charge in [0.1, 0.15) is 6.04 Å². The summed E-state index contributed by atoms with van der Waals surface area (Å²) < 4.78 is 0. The molecule has 0 saturated carbocycles. The number of rotatable bonds is 8. The van der Waals surface area contributed by atoms with Gasteiger partial charge in [0.05, 0.1) is 5.71 Å². The Labute approximate surface area is 188 Å². The molecule has 2 heterocycles. The smallest absolute Gasteiger partial charge is 0.264 e. The number of carbonyl (C=O) groups is 2. The van der Waals surface area contributed by atoms with Crippen LogP contribution in [0, 0.1) is 0 Å². The number of hydrogen-bond acceptors (Lipinski definition) is 5. The number of oxime groups is 1. The maximum atomic E-state index is 13.0. The number of benzene rings is 2. The van der Waals surface area contributed by atoms with Gasteiger partial charge >= 0.3 is 0 Å². The van der Waals surface area contributed by atoms with Gasteiger partial charge in [0, 0.05) is 30.9 Å². The SMILES string of the molecule is CCCC(NC(=O)C1CC(c2ccccc2)=NO1)C(=O)Nc1cccc(N2CCCC2)c1. The molecule has 2 aliphatic rings. The molecule has 0 aliphatic carbocycles. The monoisotopic (exact) mass is 434 g/mol. The summed E-state index contributed by atoms with van der Waals surface area (Å²) in [4.78, 5) is 33.5. The van der Waals surface area contributed by atoms with E-state index in [1.54, 1.807) is 0 Å². The molecule has 168 valence electrons. The van der Waals surface area contributed by atoms with E-state index in [9.17, 15) is 9.59 Å². The van der Waals surface area contributed by atoms with Crippen LogP contribution in [0.25, 0.3) is 0 Å². The van der Waals surface area contributed by atoms with Crippen molar-refractivity contribution >= 4 is 28.9 Å². The van der Waals surface area contributed by atoms with Gasteiger partial charge in [-0.15, -0.1) is 0 Å². The van der Waals surface area contributed by atoms with Crippen LogP contribution in [-0.2, 0) is 14.4 Å². The predicted octanol–water partition coefficient (Wildman–Crippen LogP) is 3.70. The van der Waals surface area contributed by atoms with Crippen molar-refractivity contribution < 1.29 is 14.4 Å². The summed E-state index contributed by atoms with van der Waals surface area (Å²) in [5, 5.41) is 9.91. The zero-order valence-electron chi connectivity index (χ0n) is 18.4. The molecule has 4 rings (SSSR count). The number of amides is 2. The lowest BCUT2D eigenvalue weighted by Gasteiger charge is -2.21. The van der Waals surface area contributed by atoms with E-state index in [0.717, 1.165) is 42.2 Å². The summed E-state index contributed by atoms with van der Waals surface area (Å²) in [7, 11) is 0. The first-order valence-electron chi connectivity index (χ1n) is 11.4. The van der Waals surface area contributed by atoms with E-state index < -0.39 is 12.1 Å². The van der Waals surface area contributed by atoms with E-state index >= 15 is 0 Å². The highest BCUT2D eigenvalue weighted by atomic mass is 16.6. The van der Waals surface area contributed by atoms with Crippen LogP contribution in [0.4, 0.5) is 11.4 Å². The van der Waals surface area contributed by atoms with E-state index in [0.29, 0.717) is 12.8 Å². The highest BCUT2D eigenvalue weighted by Crippen LogP contribution is 2.23. The zero-order chi connectivity index (χ0) is 22.3. The Balaban J connectivity index is 1.35. The average molecular weight is 435 g/mol. The fourth-order valence-electron chi connectivity index (χ4n) is 4.13. The fraction of sp³-hybridized carbons (Fsp3) is 0.400. The van der Waals surface area contributed by atoms with Gasteiger partial charge in [0.15, 0.2) is 0 Å². The van der Waals surface area contributed by atoms with Crippen molar-refractivity contribution in [2.45, 2.75) is 51.2 Å². The second-order valence-corrected chi connectivity index (χ2v) is 8.29. The van der Waals surface area contributed by atoms with Crippen molar-refractivity contribution in [3.63, 3.8) is 0 Å². The topological polar surface area (TPSA) is 83.0 Å². The van der Waals surface area contributed by atoms with Crippen LogP contribution in [0.15, 0.2) is 59.8 Å². The van der Waals surface area contributed by atoms with Gasteiger partial charge in [-0.1, -0.05) is 54.9 Å². The summed E-state index contributed by atoms with van der Waals surface area (Å²) in [6.07, 6.45) is 3.36. The summed E-state index contributed by atoms with van der Waals surface area (Å²) >= 11 is 0. The molecule has 2 atom stereocenters. The number of anilines is 2. The molecular weight excluding hydrogens is 404 g/mol. The number of hydrogen-bond donors (Lipinski definition) is 2. The Morgan fingerprint density at radius 3 is 2.66 bits per heavy atom. The highest BCUT2D eigenvalue weighted by molar-refractivity contribution is 6.04. The molecule has 2 unspecified atom stereocenters. The Kier molecular flexibility index (Phi) is 7.04. The van der Waals surface area contributed by atoms with Crippen molar-refractivity contribution in [2.75, 3.05) is 23.3 Å². The van der Waals surface area contributed by atoms with E-state index in [1.165, 1.54) is 12.8 Å². The van der Waals surface area contributed by atoms with E-state index in [2.05, 4.69) is 26.8 Å². The van der Waals surface area contributed by atoms with Gasteiger partial charge in [0.2, 0.25) is 12.0 Å².